The highest BCUT2D eigenvalue weighted by Gasteiger charge is 2.21. The van der Waals surface area contributed by atoms with E-state index in [2.05, 4.69) is 53.5 Å². The van der Waals surface area contributed by atoms with Crippen molar-refractivity contribution < 1.29 is 0 Å². The van der Waals surface area contributed by atoms with E-state index < -0.39 is 0 Å². The molecule has 1 atom stereocenters. The van der Waals surface area contributed by atoms with E-state index in [1.165, 1.54) is 17.8 Å². The number of benzene rings is 1. The summed E-state index contributed by atoms with van der Waals surface area (Å²) in [5.74, 6) is 0. The van der Waals surface area contributed by atoms with Gasteiger partial charge in [0.25, 0.3) is 0 Å². The highest BCUT2D eigenvalue weighted by Crippen LogP contribution is 2.24. The van der Waals surface area contributed by atoms with Crippen molar-refractivity contribution in [2.24, 2.45) is 0 Å². The summed E-state index contributed by atoms with van der Waals surface area (Å²) in [6, 6.07) is 9.39. The molecule has 16 heavy (non-hydrogen) atoms. The molecule has 0 amide bonds. The second-order valence-corrected chi connectivity index (χ2v) is 4.63. The Labute approximate surface area is 98.0 Å². The monoisotopic (exact) mass is 219 g/mol. The van der Waals surface area contributed by atoms with E-state index in [1.807, 2.05) is 7.05 Å². The second-order valence-electron chi connectivity index (χ2n) is 4.63. The molecule has 0 saturated carbocycles. The van der Waals surface area contributed by atoms with Gasteiger partial charge in [-0.2, -0.15) is 0 Å². The van der Waals surface area contributed by atoms with Gasteiger partial charge in [-0.3, -0.25) is 0 Å². The minimum Gasteiger partial charge on any atom is -0.378 e. The highest BCUT2D eigenvalue weighted by molar-refractivity contribution is 5.59. The third-order valence-corrected chi connectivity index (χ3v) is 3.31. The highest BCUT2D eigenvalue weighted by atomic mass is 15.2. The van der Waals surface area contributed by atoms with Crippen LogP contribution in [0.25, 0.3) is 0 Å². The number of nitrogens with zero attached hydrogens (tertiary/aromatic N) is 2. The van der Waals surface area contributed by atoms with Gasteiger partial charge in [0.15, 0.2) is 0 Å². The maximum absolute atomic E-state index is 3.35. The number of hydrogen-bond donors (Lipinski definition) is 1. The van der Waals surface area contributed by atoms with Gasteiger partial charge < -0.3 is 15.1 Å². The van der Waals surface area contributed by atoms with Crippen molar-refractivity contribution in [2.75, 3.05) is 44.0 Å². The number of rotatable bonds is 3. The Balaban J connectivity index is 2.12. The molecular formula is C13H21N3. The van der Waals surface area contributed by atoms with Crippen molar-refractivity contribution >= 4 is 11.4 Å². The third kappa shape index (κ3) is 2.30. The lowest BCUT2D eigenvalue weighted by Gasteiger charge is -2.21. The van der Waals surface area contributed by atoms with Crippen molar-refractivity contribution in [3.05, 3.63) is 24.3 Å². The topological polar surface area (TPSA) is 18.5 Å². The molecule has 1 aromatic carbocycles. The molecule has 0 spiro atoms. The summed E-state index contributed by atoms with van der Waals surface area (Å²) in [6.45, 7) is 2.27. The van der Waals surface area contributed by atoms with E-state index >= 15 is 0 Å². The Morgan fingerprint density at radius 1 is 1.38 bits per heavy atom. The molecule has 0 aromatic heterocycles. The molecule has 1 unspecified atom stereocenters. The van der Waals surface area contributed by atoms with Gasteiger partial charge >= 0.3 is 0 Å². The predicted molar refractivity (Wildman–Crippen MR) is 70.4 cm³/mol. The molecule has 1 fully saturated rings. The molecule has 3 heteroatoms. The molecule has 0 bridgehead atoms. The lowest BCUT2D eigenvalue weighted by molar-refractivity contribution is 0.617. The number of likely N-dealkylation sites (N-methyl/N-ethyl adjacent to an activating group) is 1. The van der Waals surface area contributed by atoms with Gasteiger partial charge in [-0.1, -0.05) is 6.07 Å². The van der Waals surface area contributed by atoms with Crippen LogP contribution >= 0.6 is 0 Å². The molecule has 1 aliphatic rings. The largest absolute Gasteiger partial charge is 0.378 e. The fourth-order valence-electron chi connectivity index (χ4n) is 2.20. The van der Waals surface area contributed by atoms with Crippen molar-refractivity contribution in [1.29, 1.82) is 0 Å². The van der Waals surface area contributed by atoms with Crippen LogP contribution in [-0.4, -0.2) is 40.3 Å². The van der Waals surface area contributed by atoms with Gasteiger partial charge in [-0.25, -0.2) is 0 Å². The quantitative estimate of drug-likeness (QED) is 0.832. The Morgan fingerprint density at radius 3 is 2.81 bits per heavy atom. The van der Waals surface area contributed by atoms with Gasteiger partial charge in [-0.05, 0) is 31.7 Å². The van der Waals surface area contributed by atoms with E-state index in [0.29, 0.717) is 6.04 Å². The van der Waals surface area contributed by atoms with Crippen molar-refractivity contribution in [3.63, 3.8) is 0 Å². The van der Waals surface area contributed by atoms with Crippen LogP contribution in [0.4, 0.5) is 11.4 Å². The van der Waals surface area contributed by atoms with Crippen molar-refractivity contribution in [1.82, 2.24) is 5.32 Å². The molecule has 3 nitrogen and oxygen atoms in total. The van der Waals surface area contributed by atoms with Crippen LogP contribution in [0.3, 0.4) is 0 Å². The SMILES string of the molecule is CNC1CCN(c2cccc(N(C)C)c2)C1. The molecular weight excluding hydrogens is 198 g/mol. The summed E-state index contributed by atoms with van der Waals surface area (Å²) in [6.07, 6.45) is 1.24. The second kappa shape index (κ2) is 4.74. The molecule has 1 N–H and O–H groups in total. The Kier molecular flexibility index (Phi) is 3.34. The van der Waals surface area contributed by atoms with E-state index in [9.17, 15) is 0 Å². The molecule has 0 radical (unpaired) electrons. The number of nitrogens with one attached hydrogen (secondary N) is 1. The van der Waals surface area contributed by atoms with E-state index in [0.717, 1.165) is 13.1 Å². The standard InChI is InChI=1S/C13H21N3/c1-14-11-7-8-16(10-11)13-6-4-5-12(9-13)15(2)3/h4-6,9,11,14H,7-8,10H2,1-3H3. The molecule has 1 heterocycles. The summed E-state index contributed by atoms with van der Waals surface area (Å²) in [5, 5.41) is 3.35. The minimum absolute atomic E-state index is 0.642. The van der Waals surface area contributed by atoms with Gasteiger partial charge in [0, 0.05) is 44.6 Å². The summed E-state index contributed by atoms with van der Waals surface area (Å²) >= 11 is 0. The maximum Gasteiger partial charge on any atom is 0.0387 e. The molecule has 1 aromatic rings. The molecule has 88 valence electrons. The number of anilines is 2. The summed E-state index contributed by atoms with van der Waals surface area (Å²) in [4.78, 5) is 4.60. The average molecular weight is 219 g/mol. The summed E-state index contributed by atoms with van der Waals surface area (Å²) < 4.78 is 0. The molecule has 2 rings (SSSR count). The summed E-state index contributed by atoms with van der Waals surface area (Å²) in [5.41, 5.74) is 2.61. The maximum atomic E-state index is 3.35. The van der Waals surface area contributed by atoms with Crippen LogP contribution in [0, 0.1) is 0 Å². The van der Waals surface area contributed by atoms with Gasteiger partial charge in [-0.15, -0.1) is 0 Å². The Morgan fingerprint density at radius 2 is 2.19 bits per heavy atom. The molecule has 1 saturated heterocycles. The van der Waals surface area contributed by atoms with Crippen LogP contribution in [0.1, 0.15) is 6.42 Å². The van der Waals surface area contributed by atoms with E-state index in [1.54, 1.807) is 0 Å². The van der Waals surface area contributed by atoms with Crippen LogP contribution in [0.5, 0.6) is 0 Å². The number of hydrogen-bond acceptors (Lipinski definition) is 3. The normalized spacial score (nSPS) is 20.2. The first-order chi connectivity index (χ1) is 7.70. The van der Waals surface area contributed by atoms with Gasteiger partial charge in [0.1, 0.15) is 0 Å². The van der Waals surface area contributed by atoms with Crippen LogP contribution in [0.2, 0.25) is 0 Å². The molecule has 0 aliphatic carbocycles. The lowest BCUT2D eigenvalue weighted by atomic mass is 10.2. The zero-order valence-corrected chi connectivity index (χ0v) is 10.4. The van der Waals surface area contributed by atoms with Crippen molar-refractivity contribution in [3.8, 4) is 0 Å². The van der Waals surface area contributed by atoms with Crippen LogP contribution in [-0.2, 0) is 0 Å². The Hall–Kier alpha value is -1.22. The fraction of sp³-hybridized carbons (Fsp3) is 0.538. The predicted octanol–water partition coefficient (Wildman–Crippen LogP) is 1.55. The minimum atomic E-state index is 0.642. The Bertz CT molecular complexity index is 349. The fourth-order valence-corrected chi connectivity index (χ4v) is 2.20. The third-order valence-electron chi connectivity index (χ3n) is 3.31. The van der Waals surface area contributed by atoms with E-state index in [4.69, 9.17) is 0 Å². The smallest absolute Gasteiger partial charge is 0.0387 e. The first kappa shape index (κ1) is 11.3. The lowest BCUT2D eigenvalue weighted by Crippen LogP contribution is -2.29. The van der Waals surface area contributed by atoms with Crippen LogP contribution in [0.15, 0.2) is 24.3 Å². The zero-order chi connectivity index (χ0) is 11.5. The first-order valence-electron chi connectivity index (χ1n) is 5.90. The van der Waals surface area contributed by atoms with Crippen LogP contribution < -0.4 is 15.1 Å². The zero-order valence-electron chi connectivity index (χ0n) is 10.4. The average Bonchev–Trinajstić information content (AvgIpc) is 2.77. The van der Waals surface area contributed by atoms with Gasteiger partial charge in [0.05, 0.1) is 0 Å². The van der Waals surface area contributed by atoms with Gasteiger partial charge in [0.2, 0.25) is 0 Å². The van der Waals surface area contributed by atoms with E-state index in [-0.39, 0.29) is 0 Å². The summed E-state index contributed by atoms with van der Waals surface area (Å²) in [7, 11) is 6.21. The molecule has 1 aliphatic heterocycles. The van der Waals surface area contributed by atoms with Crippen molar-refractivity contribution in [2.45, 2.75) is 12.5 Å². The first-order valence-corrected chi connectivity index (χ1v) is 5.90.